The second-order valence-electron chi connectivity index (χ2n) is 7.43. The van der Waals surface area contributed by atoms with Crippen molar-refractivity contribution in [3.05, 3.63) is 60.1 Å². The van der Waals surface area contributed by atoms with E-state index in [1.54, 1.807) is 18.3 Å². The lowest BCUT2D eigenvalue weighted by Crippen LogP contribution is -2.49. The summed E-state index contributed by atoms with van der Waals surface area (Å²) in [6, 6.07) is 13.0. The molecule has 2 aromatic heterocycles. The van der Waals surface area contributed by atoms with E-state index in [1.165, 1.54) is 0 Å². The summed E-state index contributed by atoms with van der Waals surface area (Å²) < 4.78 is 5.15. The number of ketones is 1. The van der Waals surface area contributed by atoms with Gasteiger partial charge in [-0.05, 0) is 12.1 Å². The molecule has 8 heteroatoms. The molecule has 0 radical (unpaired) electrons. The van der Waals surface area contributed by atoms with Gasteiger partial charge in [-0.2, -0.15) is 4.98 Å². The quantitative estimate of drug-likeness (QED) is 0.544. The van der Waals surface area contributed by atoms with Crippen LogP contribution in [-0.4, -0.2) is 57.9 Å². The van der Waals surface area contributed by atoms with Crippen molar-refractivity contribution < 1.29 is 14.1 Å². The molecule has 31 heavy (non-hydrogen) atoms. The highest BCUT2D eigenvalue weighted by Gasteiger charge is 2.22. The lowest BCUT2D eigenvalue weighted by atomic mass is 10.1. The molecule has 3 aromatic rings. The van der Waals surface area contributed by atoms with Crippen molar-refractivity contribution in [3.63, 3.8) is 0 Å². The molecule has 8 nitrogen and oxygen atoms in total. The Kier molecular flexibility index (Phi) is 6.35. The van der Waals surface area contributed by atoms with E-state index in [4.69, 9.17) is 4.52 Å². The average molecular weight is 419 g/mol. The topological polar surface area (TPSA) is 92.4 Å². The van der Waals surface area contributed by atoms with Crippen LogP contribution in [0.2, 0.25) is 0 Å². The van der Waals surface area contributed by atoms with Crippen LogP contribution in [0.4, 0.5) is 5.82 Å². The zero-order valence-corrected chi connectivity index (χ0v) is 17.5. The predicted octanol–water partition coefficient (Wildman–Crippen LogP) is 3.01. The van der Waals surface area contributed by atoms with E-state index in [9.17, 15) is 9.59 Å². The lowest BCUT2D eigenvalue weighted by molar-refractivity contribution is -0.131. The molecule has 3 heterocycles. The molecule has 160 valence electrons. The molecule has 4 rings (SSSR count). The summed E-state index contributed by atoms with van der Waals surface area (Å²) in [5.74, 6) is 2.02. The molecule has 1 aromatic carbocycles. The molecule has 0 atom stereocenters. The number of rotatable bonds is 7. The molecule has 1 aliphatic rings. The number of hydrogen-bond acceptors (Lipinski definition) is 7. The Morgan fingerprint density at radius 1 is 1.00 bits per heavy atom. The smallest absolute Gasteiger partial charge is 0.226 e. The zero-order valence-electron chi connectivity index (χ0n) is 17.5. The number of hydrogen-bond donors (Lipinski definition) is 0. The van der Waals surface area contributed by atoms with Crippen LogP contribution in [0.25, 0.3) is 11.4 Å². The van der Waals surface area contributed by atoms with Gasteiger partial charge < -0.3 is 14.3 Å². The Bertz CT molecular complexity index is 1020. The second kappa shape index (κ2) is 9.51. The molecule has 0 unspecified atom stereocenters. The highest BCUT2D eigenvalue weighted by atomic mass is 16.5. The van der Waals surface area contributed by atoms with Crippen LogP contribution in [0.1, 0.15) is 36.0 Å². The highest BCUT2D eigenvalue weighted by Crippen LogP contribution is 2.20. The van der Waals surface area contributed by atoms with Crippen LogP contribution < -0.4 is 4.90 Å². The Labute approximate surface area is 180 Å². The first-order valence-corrected chi connectivity index (χ1v) is 10.5. The van der Waals surface area contributed by atoms with E-state index in [1.807, 2.05) is 42.2 Å². The minimum absolute atomic E-state index is 0.00420. The molecule has 1 aliphatic heterocycles. The van der Waals surface area contributed by atoms with E-state index >= 15 is 0 Å². The highest BCUT2D eigenvalue weighted by molar-refractivity contribution is 5.97. The third-order valence-electron chi connectivity index (χ3n) is 5.39. The van der Waals surface area contributed by atoms with Gasteiger partial charge in [0.1, 0.15) is 5.82 Å². The van der Waals surface area contributed by atoms with Crippen LogP contribution in [0, 0.1) is 0 Å². The fourth-order valence-corrected chi connectivity index (χ4v) is 3.55. The fraction of sp³-hybridized carbons (Fsp3) is 0.348. The normalized spacial score (nSPS) is 14.0. The summed E-state index contributed by atoms with van der Waals surface area (Å²) in [5, 5.41) is 3.97. The third kappa shape index (κ3) is 4.96. The number of aromatic nitrogens is 3. The van der Waals surface area contributed by atoms with Gasteiger partial charge in [0.25, 0.3) is 0 Å². The van der Waals surface area contributed by atoms with E-state index < -0.39 is 0 Å². The predicted molar refractivity (Wildman–Crippen MR) is 116 cm³/mol. The van der Waals surface area contributed by atoms with Crippen LogP contribution in [-0.2, 0) is 11.2 Å². The van der Waals surface area contributed by atoms with Gasteiger partial charge >= 0.3 is 0 Å². The van der Waals surface area contributed by atoms with Crippen molar-refractivity contribution in [3.8, 4) is 11.4 Å². The minimum Gasteiger partial charge on any atom is -0.353 e. The monoisotopic (exact) mass is 419 g/mol. The van der Waals surface area contributed by atoms with Gasteiger partial charge in [-0.3, -0.25) is 9.59 Å². The van der Waals surface area contributed by atoms with Crippen LogP contribution in [0.5, 0.6) is 0 Å². The van der Waals surface area contributed by atoms with Gasteiger partial charge in [0.05, 0.1) is 0 Å². The Morgan fingerprint density at radius 2 is 1.77 bits per heavy atom. The van der Waals surface area contributed by atoms with Gasteiger partial charge in [0.2, 0.25) is 17.6 Å². The van der Waals surface area contributed by atoms with Crippen molar-refractivity contribution in [2.75, 3.05) is 31.1 Å². The van der Waals surface area contributed by atoms with Crippen molar-refractivity contribution in [2.45, 2.75) is 26.2 Å². The summed E-state index contributed by atoms with van der Waals surface area (Å²) in [6.45, 7) is 4.60. The average Bonchev–Trinajstić information content (AvgIpc) is 3.32. The standard InChI is InChI=1S/C23H25N5O3/c1-2-21-25-23(26-31-21)18-8-10-20(24-16-18)27-12-14-28(15-13-27)22(30)11-9-19(29)17-6-4-3-5-7-17/h3-8,10,16H,2,9,11-15H2,1H3. The SMILES string of the molecule is CCc1nc(-c2ccc(N3CCN(C(=O)CCC(=O)c4ccccc4)CC3)nc2)no1. The summed E-state index contributed by atoms with van der Waals surface area (Å²) in [6.07, 6.45) is 2.92. The third-order valence-corrected chi connectivity index (χ3v) is 5.39. The number of nitrogens with zero attached hydrogens (tertiary/aromatic N) is 5. The molecule has 1 amide bonds. The number of carbonyl (C=O) groups is 2. The number of Topliss-reactive ketones (excluding diaryl/α,β-unsaturated/α-hetero) is 1. The summed E-state index contributed by atoms with van der Waals surface area (Å²) in [7, 11) is 0. The van der Waals surface area contributed by atoms with Crippen LogP contribution in [0.3, 0.4) is 0 Å². The maximum Gasteiger partial charge on any atom is 0.226 e. The van der Waals surface area contributed by atoms with E-state index in [0.29, 0.717) is 49.9 Å². The van der Waals surface area contributed by atoms with Gasteiger partial charge in [-0.15, -0.1) is 0 Å². The van der Waals surface area contributed by atoms with E-state index in [0.717, 1.165) is 11.4 Å². The van der Waals surface area contributed by atoms with Gasteiger partial charge in [0.15, 0.2) is 5.78 Å². The molecule has 1 fully saturated rings. The molecular formula is C23H25N5O3. The summed E-state index contributed by atoms with van der Waals surface area (Å²) in [4.78, 5) is 37.6. The first-order chi connectivity index (χ1) is 15.1. The van der Waals surface area contributed by atoms with E-state index in [2.05, 4.69) is 20.0 Å². The number of anilines is 1. The van der Waals surface area contributed by atoms with Crippen molar-refractivity contribution in [2.24, 2.45) is 0 Å². The Balaban J connectivity index is 1.27. The zero-order chi connectivity index (χ0) is 21.6. The summed E-state index contributed by atoms with van der Waals surface area (Å²) >= 11 is 0. The summed E-state index contributed by atoms with van der Waals surface area (Å²) in [5.41, 5.74) is 1.46. The maximum absolute atomic E-state index is 12.5. The number of amides is 1. The van der Waals surface area contributed by atoms with Gasteiger partial charge in [-0.25, -0.2) is 4.98 Å². The van der Waals surface area contributed by atoms with Gasteiger partial charge in [-0.1, -0.05) is 42.4 Å². The van der Waals surface area contributed by atoms with Crippen LogP contribution in [0.15, 0.2) is 53.2 Å². The molecule has 0 aliphatic carbocycles. The molecule has 1 saturated heterocycles. The number of pyridine rings is 1. The number of aryl methyl sites for hydroxylation is 1. The first-order valence-electron chi connectivity index (χ1n) is 10.5. The van der Waals surface area contributed by atoms with Crippen molar-refractivity contribution in [1.29, 1.82) is 0 Å². The van der Waals surface area contributed by atoms with Gasteiger partial charge in [0, 0.05) is 62.8 Å². The first kappa shape index (κ1) is 20.7. The van der Waals surface area contributed by atoms with Crippen molar-refractivity contribution in [1.82, 2.24) is 20.0 Å². The maximum atomic E-state index is 12.5. The molecule has 0 saturated carbocycles. The van der Waals surface area contributed by atoms with Crippen LogP contribution >= 0.6 is 0 Å². The number of benzene rings is 1. The molecule has 0 spiro atoms. The minimum atomic E-state index is 0.00420. The Morgan fingerprint density at radius 3 is 2.42 bits per heavy atom. The number of carbonyl (C=O) groups excluding carboxylic acids is 2. The largest absolute Gasteiger partial charge is 0.353 e. The number of piperazine rings is 1. The van der Waals surface area contributed by atoms with E-state index in [-0.39, 0.29) is 24.5 Å². The lowest BCUT2D eigenvalue weighted by Gasteiger charge is -2.35. The van der Waals surface area contributed by atoms with Crippen molar-refractivity contribution >= 4 is 17.5 Å². The fourth-order valence-electron chi connectivity index (χ4n) is 3.55. The molecule has 0 bridgehead atoms. The second-order valence-corrected chi connectivity index (χ2v) is 7.43. The Hall–Kier alpha value is -3.55. The molecule has 0 N–H and O–H groups in total. The molecular weight excluding hydrogens is 394 g/mol.